The van der Waals surface area contributed by atoms with Crippen molar-refractivity contribution >= 4 is 62.2 Å². The number of benzene rings is 2. The molecule has 2 aromatic rings. The summed E-state index contributed by atoms with van der Waals surface area (Å²) in [6.07, 6.45) is 0.802. The van der Waals surface area contributed by atoms with Crippen molar-refractivity contribution in [2.45, 2.75) is 58.7 Å². The number of carbonyl (C=O) groups is 2. The van der Waals surface area contributed by atoms with Gasteiger partial charge in [0.15, 0.2) is 5.60 Å². The summed E-state index contributed by atoms with van der Waals surface area (Å²) in [5, 5.41) is 20.2. The summed E-state index contributed by atoms with van der Waals surface area (Å²) >= 11 is 6.41. The lowest BCUT2D eigenvalue weighted by Gasteiger charge is -2.24. The number of aryl methyl sites for hydroxylation is 2. The molecule has 1 spiro atoms. The first-order valence-corrected chi connectivity index (χ1v) is 12.1. The maximum atomic E-state index is 13.9. The Morgan fingerprint density at radius 1 is 1.05 bits per heavy atom. The number of ether oxygens (including phenoxy) is 2. The average Bonchev–Trinajstić information content (AvgIpc) is 3.37. The van der Waals surface area contributed by atoms with E-state index in [2.05, 4.69) is 37.2 Å². The lowest BCUT2D eigenvalue weighted by atomic mass is 9.95. The van der Waals surface area contributed by atoms with Crippen LogP contribution in [0.1, 0.15) is 56.9 Å². The third-order valence-corrected chi connectivity index (χ3v) is 7.02. The molecule has 7 nitrogen and oxygen atoms in total. The Bertz CT molecular complexity index is 1230. The molecule has 37 heavy (non-hydrogen) atoms. The first kappa shape index (κ1) is 32.9. The number of amides is 2. The SMILES string of the molecule is C.C.CCOC(=N)C1(O)CCc2cc(Br)cc(F)c21.Cl.O=C1NC(=O)C2(CCc3cc(Br)cc(F)c32)O1. The molecule has 5 rings (SSSR count). The van der Waals surface area contributed by atoms with Crippen LogP contribution in [0.15, 0.2) is 33.2 Å². The normalized spacial score (nSPS) is 22.2. The molecule has 1 saturated heterocycles. The van der Waals surface area contributed by atoms with Crippen molar-refractivity contribution in [2.24, 2.45) is 0 Å². The Balaban J connectivity index is 0.000000342. The van der Waals surface area contributed by atoms with E-state index in [1.54, 1.807) is 19.1 Å². The summed E-state index contributed by atoms with van der Waals surface area (Å²) in [5.41, 5.74) is -1.29. The van der Waals surface area contributed by atoms with Gasteiger partial charge in [-0.2, -0.15) is 0 Å². The van der Waals surface area contributed by atoms with Gasteiger partial charge in [0.05, 0.1) is 6.61 Å². The molecule has 2 amide bonds. The molecule has 2 unspecified atom stereocenters. The number of aliphatic hydroxyl groups is 1. The fourth-order valence-corrected chi connectivity index (χ4v) is 5.64. The summed E-state index contributed by atoms with van der Waals surface area (Å²) in [6, 6.07) is 6.09. The van der Waals surface area contributed by atoms with Gasteiger partial charge in [-0.1, -0.05) is 46.7 Å². The summed E-state index contributed by atoms with van der Waals surface area (Å²) in [7, 11) is 0. The van der Waals surface area contributed by atoms with E-state index in [0.29, 0.717) is 27.4 Å². The Morgan fingerprint density at radius 3 is 2.08 bits per heavy atom. The van der Waals surface area contributed by atoms with Gasteiger partial charge in [-0.05, 0) is 61.6 Å². The number of carbonyl (C=O) groups excluding carboxylic acids is 2. The Kier molecular flexibility index (Phi) is 10.9. The van der Waals surface area contributed by atoms with Gasteiger partial charge in [0.2, 0.25) is 11.5 Å². The van der Waals surface area contributed by atoms with Crippen LogP contribution >= 0.6 is 44.3 Å². The summed E-state index contributed by atoms with van der Waals surface area (Å²) in [4.78, 5) is 22.9. The molecule has 0 aromatic heterocycles. The minimum Gasteiger partial charge on any atom is -0.479 e. The van der Waals surface area contributed by atoms with E-state index in [0.717, 1.165) is 5.56 Å². The number of alkyl carbamates (subject to hydrolysis) is 1. The quantitative estimate of drug-likeness (QED) is 0.252. The smallest absolute Gasteiger partial charge is 0.415 e. The largest absolute Gasteiger partial charge is 0.479 e. The van der Waals surface area contributed by atoms with E-state index in [-0.39, 0.29) is 63.7 Å². The van der Waals surface area contributed by atoms with E-state index in [1.807, 2.05) is 0 Å². The average molecular weight is 671 g/mol. The number of nitrogens with one attached hydrogen (secondary N) is 2. The maximum absolute atomic E-state index is 13.9. The van der Waals surface area contributed by atoms with Crippen molar-refractivity contribution in [3.05, 3.63) is 67.1 Å². The van der Waals surface area contributed by atoms with Gasteiger partial charge in [-0.15, -0.1) is 12.4 Å². The zero-order chi connectivity index (χ0) is 24.8. The maximum Gasteiger partial charge on any atom is 0.415 e. The van der Waals surface area contributed by atoms with E-state index < -0.39 is 34.8 Å². The van der Waals surface area contributed by atoms with E-state index in [1.165, 1.54) is 12.1 Å². The molecular formula is C25H29Br2ClF2N2O5. The van der Waals surface area contributed by atoms with Gasteiger partial charge >= 0.3 is 6.09 Å². The van der Waals surface area contributed by atoms with Crippen LogP contribution in [0.25, 0.3) is 0 Å². The summed E-state index contributed by atoms with van der Waals surface area (Å²) in [6.45, 7) is 2.01. The van der Waals surface area contributed by atoms with Crippen LogP contribution in [0.5, 0.6) is 0 Å². The van der Waals surface area contributed by atoms with Crippen LogP contribution in [-0.2, 0) is 38.3 Å². The van der Waals surface area contributed by atoms with Gasteiger partial charge in [0.25, 0.3) is 5.91 Å². The summed E-state index contributed by atoms with van der Waals surface area (Å²) < 4.78 is 39.1. The van der Waals surface area contributed by atoms with E-state index >= 15 is 0 Å². The molecule has 2 atom stereocenters. The standard InChI is InChI=1S/C12H13BrFNO2.C11H7BrFNO3.2CH4.ClH/c1-2-17-11(15)12(16)4-3-7-5-8(13)6-9(14)10(7)12;12-6-3-5-1-2-11(8(5)7(13)4-6)9(15)14-10(16)17-11;;;/h5-6,15-16H,2-4H2,1H3;3-4H,1-2H2,(H,14,15,16);2*1H4;1H. The highest BCUT2D eigenvalue weighted by Crippen LogP contribution is 2.45. The first-order valence-electron chi connectivity index (χ1n) is 10.5. The van der Waals surface area contributed by atoms with E-state index in [4.69, 9.17) is 14.9 Å². The van der Waals surface area contributed by atoms with Gasteiger partial charge in [-0.3, -0.25) is 15.5 Å². The lowest BCUT2D eigenvalue weighted by Crippen LogP contribution is -2.35. The zero-order valence-corrected chi connectivity index (χ0v) is 22.3. The molecule has 3 aliphatic rings. The lowest BCUT2D eigenvalue weighted by molar-refractivity contribution is -0.132. The van der Waals surface area contributed by atoms with Gasteiger partial charge in [-0.25, -0.2) is 13.6 Å². The second kappa shape index (κ2) is 12.2. The second-order valence-corrected chi connectivity index (χ2v) is 9.97. The minimum absolute atomic E-state index is 0. The molecule has 204 valence electrons. The van der Waals surface area contributed by atoms with Crippen molar-refractivity contribution in [3.8, 4) is 0 Å². The molecule has 1 fully saturated rings. The molecule has 0 radical (unpaired) electrons. The number of rotatable bonds is 2. The third-order valence-electron chi connectivity index (χ3n) is 6.11. The highest BCUT2D eigenvalue weighted by atomic mass is 79.9. The van der Waals surface area contributed by atoms with Gasteiger partial charge in [0.1, 0.15) is 11.6 Å². The molecule has 2 aromatic carbocycles. The van der Waals surface area contributed by atoms with Crippen LogP contribution in [0, 0.1) is 17.0 Å². The molecule has 12 heteroatoms. The van der Waals surface area contributed by atoms with Gasteiger partial charge < -0.3 is 14.6 Å². The number of halogens is 5. The predicted molar refractivity (Wildman–Crippen MR) is 145 cm³/mol. The zero-order valence-electron chi connectivity index (χ0n) is 18.3. The van der Waals surface area contributed by atoms with E-state index in [9.17, 15) is 23.5 Å². The Morgan fingerprint density at radius 2 is 1.57 bits per heavy atom. The van der Waals surface area contributed by atoms with Crippen LogP contribution < -0.4 is 5.32 Å². The first-order chi connectivity index (χ1) is 16.0. The highest BCUT2D eigenvalue weighted by molar-refractivity contribution is 9.10. The van der Waals surface area contributed by atoms with Crippen LogP contribution in [0.2, 0.25) is 0 Å². The Hall–Kier alpha value is -2.08. The molecule has 0 saturated carbocycles. The molecule has 3 N–H and O–H groups in total. The van der Waals surface area contributed by atoms with Crippen molar-refractivity contribution < 1.29 is 33.0 Å². The minimum atomic E-state index is -1.61. The number of imide groups is 1. The van der Waals surface area contributed by atoms with Crippen molar-refractivity contribution in [1.29, 1.82) is 5.41 Å². The van der Waals surface area contributed by atoms with Gasteiger partial charge in [0, 0.05) is 26.5 Å². The molecular weight excluding hydrogens is 642 g/mol. The number of fused-ring (bicyclic) bond motifs is 3. The molecule has 2 aliphatic carbocycles. The summed E-state index contributed by atoms with van der Waals surface area (Å²) in [5.74, 6) is -1.89. The highest BCUT2D eigenvalue weighted by Gasteiger charge is 2.55. The fourth-order valence-electron chi connectivity index (χ4n) is 4.68. The van der Waals surface area contributed by atoms with Crippen LogP contribution in [-0.4, -0.2) is 29.6 Å². The molecule has 1 aliphatic heterocycles. The fraction of sp³-hybridized carbons (Fsp3) is 0.400. The molecule has 0 bridgehead atoms. The van der Waals surface area contributed by atoms with Crippen molar-refractivity contribution in [3.63, 3.8) is 0 Å². The van der Waals surface area contributed by atoms with Crippen LogP contribution in [0.4, 0.5) is 13.6 Å². The number of hydrogen-bond donors (Lipinski definition) is 3. The monoisotopic (exact) mass is 668 g/mol. The van der Waals surface area contributed by atoms with Crippen LogP contribution in [0.3, 0.4) is 0 Å². The predicted octanol–water partition coefficient (Wildman–Crippen LogP) is 6.43. The topological polar surface area (TPSA) is 109 Å². The van der Waals surface area contributed by atoms with Crippen molar-refractivity contribution in [2.75, 3.05) is 6.61 Å². The second-order valence-electron chi connectivity index (χ2n) is 8.14. The molecule has 1 heterocycles. The Labute approximate surface area is 237 Å². The number of hydrogen-bond acceptors (Lipinski definition) is 6. The van der Waals surface area contributed by atoms with Crippen molar-refractivity contribution in [1.82, 2.24) is 5.32 Å². The third kappa shape index (κ3) is 5.69.